The van der Waals surface area contributed by atoms with Gasteiger partial charge in [0.05, 0.1) is 0 Å². The third-order valence-electron chi connectivity index (χ3n) is 1.97. The summed E-state index contributed by atoms with van der Waals surface area (Å²) in [5.74, 6) is 0. The van der Waals surface area contributed by atoms with Gasteiger partial charge in [-0.1, -0.05) is 36.7 Å². The van der Waals surface area contributed by atoms with Gasteiger partial charge in [-0.25, -0.2) is 0 Å². The second-order valence-corrected chi connectivity index (χ2v) is 4.51. The molecule has 0 aliphatic carbocycles. The van der Waals surface area contributed by atoms with Gasteiger partial charge in [0, 0.05) is 4.83 Å². The molecule has 0 aromatic rings. The van der Waals surface area contributed by atoms with E-state index in [1.807, 2.05) is 0 Å². The van der Waals surface area contributed by atoms with Gasteiger partial charge in [-0.2, -0.15) is 0 Å². The summed E-state index contributed by atoms with van der Waals surface area (Å²) in [6, 6.07) is 0. The molecule has 0 saturated carbocycles. The molecular formula is C9H20BrN. The van der Waals surface area contributed by atoms with Crippen molar-refractivity contribution in [3.63, 3.8) is 0 Å². The zero-order valence-electron chi connectivity index (χ0n) is 7.94. The largest absolute Gasteiger partial charge is 0.304 e. The van der Waals surface area contributed by atoms with E-state index in [4.69, 9.17) is 0 Å². The van der Waals surface area contributed by atoms with Crippen LogP contribution in [0.4, 0.5) is 0 Å². The Morgan fingerprint density at radius 2 is 1.82 bits per heavy atom. The molecule has 11 heavy (non-hydrogen) atoms. The van der Waals surface area contributed by atoms with Crippen LogP contribution in [0.1, 0.15) is 33.6 Å². The highest BCUT2D eigenvalue weighted by molar-refractivity contribution is 9.09. The molecule has 1 atom stereocenters. The summed E-state index contributed by atoms with van der Waals surface area (Å²) in [7, 11) is 0. The molecule has 0 bridgehead atoms. The first-order valence-electron chi connectivity index (χ1n) is 4.57. The number of hydrogen-bond donors (Lipinski definition) is 0. The Bertz CT molecular complexity index is 79.6. The van der Waals surface area contributed by atoms with E-state index in [-0.39, 0.29) is 0 Å². The zero-order chi connectivity index (χ0) is 8.69. The molecule has 0 radical (unpaired) electrons. The summed E-state index contributed by atoms with van der Waals surface area (Å²) in [5.41, 5.74) is 0. The summed E-state index contributed by atoms with van der Waals surface area (Å²) >= 11 is 3.55. The highest BCUT2D eigenvalue weighted by atomic mass is 79.9. The fourth-order valence-electron chi connectivity index (χ4n) is 1.14. The van der Waals surface area contributed by atoms with Crippen molar-refractivity contribution in [3.8, 4) is 0 Å². The minimum absolute atomic E-state index is 0.679. The molecule has 0 aromatic carbocycles. The lowest BCUT2D eigenvalue weighted by atomic mass is 10.2. The first-order valence-corrected chi connectivity index (χ1v) is 5.48. The molecule has 0 amide bonds. The quantitative estimate of drug-likeness (QED) is 0.624. The van der Waals surface area contributed by atoms with Crippen LogP contribution in [0.15, 0.2) is 0 Å². The van der Waals surface area contributed by atoms with Crippen molar-refractivity contribution in [2.45, 2.75) is 38.4 Å². The molecular weight excluding hydrogens is 202 g/mol. The van der Waals surface area contributed by atoms with E-state index in [0.717, 1.165) is 0 Å². The number of rotatable bonds is 6. The van der Waals surface area contributed by atoms with Gasteiger partial charge in [-0.15, -0.1) is 0 Å². The Morgan fingerprint density at radius 1 is 1.27 bits per heavy atom. The molecule has 1 unspecified atom stereocenters. The maximum absolute atomic E-state index is 3.55. The smallest absolute Gasteiger partial charge is 0.0118 e. The standard InChI is InChI=1S/C9H20BrN/c1-4-11(5-2)8-6-7-9(3)10/h9H,4-8H2,1-3H3. The van der Waals surface area contributed by atoms with E-state index in [2.05, 4.69) is 41.6 Å². The molecule has 0 aliphatic heterocycles. The zero-order valence-corrected chi connectivity index (χ0v) is 9.52. The van der Waals surface area contributed by atoms with Crippen LogP contribution in [0, 0.1) is 0 Å². The molecule has 2 heteroatoms. The molecule has 1 nitrogen and oxygen atoms in total. The Balaban J connectivity index is 3.21. The van der Waals surface area contributed by atoms with Gasteiger partial charge in [-0.05, 0) is 32.5 Å². The summed E-state index contributed by atoms with van der Waals surface area (Å²) in [4.78, 5) is 3.15. The highest BCUT2D eigenvalue weighted by Crippen LogP contribution is 2.06. The Hall–Kier alpha value is 0.440. The maximum Gasteiger partial charge on any atom is 0.0118 e. The number of halogens is 1. The van der Waals surface area contributed by atoms with E-state index >= 15 is 0 Å². The lowest BCUT2D eigenvalue weighted by Crippen LogP contribution is -2.24. The van der Waals surface area contributed by atoms with Gasteiger partial charge < -0.3 is 4.90 Å². The van der Waals surface area contributed by atoms with Crippen LogP contribution in [0.3, 0.4) is 0 Å². The van der Waals surface area contributed by atoms with Crippen LogP contribution < -0.4 is 0 Å². The number of hydrogen-bond acceptors (Lipinski definition) is 1. The van der Waals surface area contributed by atoms with Gasteiger partial charge in [0.15, 0.2) is 0 Å². The van der Waals surface area contributed by atoms with Gasteiger partial charge in [0.25, 0.3) is 0 Å². The van der Waals surface area contributed by atoms with Crippen molar-refractivity contribution in [2.75, 3.05) is 19.6 Å². The van der Waals surface area contributed by atoms with Crippen LogP contribution in [-0.4, -0.2) is 29.4 Å². The second kappa shape index (κ2) is 7.11. The van der Waals surface area contributed by atoms with Gasteiger partial charge >= 0.3 is 0 Å². The van der Waals surface area contributed by atoms with E-state index in [1.54, 1.807) is 0 Å². The topological polar surface area (TPSA) is 3.24 Å². The van der Waals surface area contributed by atoms with Crippen LogP contribution in [0.2, 0.25) is 0 Å². The minimum atomic E-state index is 0.679. The maximum atomic E-state index is 3.55. The van der Waals surface area contributed by atoms with E-state index in [0.29, 0.717) is 4.83 Å². The van der Waals surface area contributed by atoms with Crippen LogP contribution in [0.25, 0.3) is 0 Å². The average Bonchev–Trinajstić information content (AvgIpc) is 1.98. The summed E-state index contributed by atoms with van der Waals surface area (Å²) in [5, 5.41) is 0. The first-order chi connectivity index (χ1) is 5.20. The van der Waals surface area contributed by atoms with E-state index < -0.39 is 0 Å². The van der Waals surface area contributed by atoms with Crippen molar-refractivity contribution in [1.29, 1.82) is 0 Å². The average molecular weight is 222 g/mol. The lowest BCUT2D eigenvalue weighted by molar-refractivity contribution is 0.297. The number of nitrogens with zero attached hydrogens (tertiary/aromatic N) is 1. The molecule has 0 rings (SSSR count). The second-order valence-electron chi connectivity index (χ2n) is 2.95. The molecule has 0 aliphatic rings. The third kappa shape index (κ3) is 6.82. The van der Waals surface area contributed by atoms with Crippen molar-refractivity contribution >= 4 is 15.9 Å². The summed E-state index contributed by atoms with van der Waals surface area (Å²) in [6.45, 7) is 10.3. The minimum Gasteiger partial charge on any atom is -0.304 e. The Kier molecular flexibility index (Phi) is 7.39. The molecule has 0 saturated heterocycles. The number of alkyl halides is 1. The van der Waals surface area contributed by atoms with E-state index in [1.165, 1.54) is 32.5 Å². The Morgan fingerprint density at radius 3 is 2.18 bits per heavy atom. The van der Waals surface area contributed by atoms with Crippen molar-refractivity contribution in [2.24, 2.45) is 0 Å². The predicted octanol–water partition coefficient (Wildman–Crippen LogP) is 2.89. The monoisotopic (exact) mass is 221 g/mol. The first kappa shape index (κ1) is 11.4. The van der Waals surface area contributed by atoms with Gasteiger partial charge in [0.1, 0.15) is 0 Å². The fraction of sp³-hybridized carbons (Fsp3) is 1.00. The normalized spacial score (nSPS) is 13.9. The van der Waals surface area contributed by atoms with Crippen molar-refractivity contribution < 1.29 is 0 Å². The molecule has 0 aromatic heterocycles. The molecule has 0 spiro atoms. The fourth-order valence-corrected chi connectivity index (χ4v) is 1.46. The SMILES string of the molecule is CCN(CC)CCCC(C)Br. The van der Waals surface area contributed by atoms with E-state index in [9.17, 15) is 0 Å². The van der Waals surface area contributed by atoms with Crippen LogP contribution in [-0.2, 0) is 0 Å². The van der Waals surface area contributed by atoms with Crippen molar-refractivity contribution in [1.82, 2.24) is 4.90 Å². The molecule has 68 valence electrons. The van der Waals surface area contributed by atoms with Crippen molar-refractivity contribution in [3.05, 3.63) is 0 Å². The predicted molar refractivity (Wildman–Crippen MR) is 55.4 cm³/mol. The molecule has 0 N–H and O–H groups in total. The van der Waals surface area contributed by atoms with Crippen LogP contribution in [0.5, 0.6) is 0 Å². The molecule has 0 fully saturated rings. The summed E-state index contributed by atoms with van der Waals surface area (Å²) < 4.78 is 0. The van der Waals surface area contributed by atoms with Crippen LogP contribution >= 0.6 is 15.9 Å². The molecule has 0 heterocycles. The highest BCUT2D eigenvalue weighted by Gasteiger charge is 1.99. The van der Waals surface area contributed by atoms with Gasteiger partial charge in [-0.3, -0.25) is 0 Å². The Labute approximate surface area is 79.3 Å². The summed E-state index contributed by atoms with van der Waals surface area (Å²) in [6.07, 6.45) is 2.60. The van der Waals surface area contributed by atoms with Gasteiger partial charge in [0.2, 0.25) is 0 Å². The lowest BCUT2D eigenvalue weighted by Gasteiger charge is -2.17. The third-order valence-corrected chi connectivity index (χ3v) is 2.43.